The lowest BCUT2D eigenvalue weighted by atomic mass is 10.1. The molecule has 0 spiro atoms. The number of hydrogen-bond donors (Lipinski definition) is 1. The van der Waals surface area contributed by atoms with Crippen molar-refractivity contribution in [1.82, 2.24) is 10.2 Å². The first-order chi connectivity index (χ1) is 15.1. The Morgan fingerprint density at radius 1 is 1.13 bits per heavy atom. The summed E-state index contributed by atoms with van der Waals surface area (Å²) in [6.07, 6.45) is 4.60. The molecule has 0 saturated carbocycles. The summed E-state index contributed by atoms with van der Waals surface area (Å²) < 4.78 is 5.81. The number of nitrogens with zero attached hydrogens (tertiary/aromatic N) is 2. The van der Waals surface area contributed by atoms with Crippen molar-refractivity contribution in [2.24, 2.45) is 0 Å². The molecule has 31 heavy (non-hydrogen) atoms. The normalized spacial score (nSPS) is 17.4. The molecule has 0 aliphatic carbocycles. The highest BCUT2D eigenvalue weighted by Crippen LogP contribution is 2.28. The predicted octanol–water partition coefficient (Wildman–Crippen LogP) is 3.51. The smallest absolute Gasteiger partial charge is 0.281 e. The highest BCUT2D eigenvalue weighted by Gasteiger charge is 2.33. The number of para-hydroxylation sites is 2. The Balaban J connectivity index is 1.54. The van der Waals surface area contributed by atoms with Crippen molar-refractivity contribution in [2.75, 3.05) is 24.6 Å². The first-order valence-electron chi connectivity index (χ1n) is 10.5. The Morgan fingerprint density at radius 2 is 1.84 bits per heavy atom. The summed E-state index contributed by atoms with van der Waals surface area (Å²) in [5.41, 5.74) is 2.92. The number of likely N-dealkylation sites (tertiary alicyclic amines) is 1. The standard InChI is InChI=1S/C24H25N3O3S/c1-2-17-9-3-5-11-20(17)27-23(29)19(25-24(27)31)15-18-10-4-6-12-21(18)30-16-22(28)26-13-7-8-14-26/h3-6,9-12,15H,2,7-8,13-14,16H2,1H3,(H,25,31). The van der Waals surface area contributed by atoms with Gasteiger partial charge in [-0.3, -0.25) is 14.5 Å². The van der Waals surface area contributed by atoms with E-state index in [1.807, 2.05) is 54.3 Å². The number of amides is 2. The van der Waals surface area contributed by atoms with Crippen LogP contribution in [0.2, 0.25) is 0 Å². The van der Waals surface area contributed by atoms with E-state index < -0.39 is 0 Å². The van der Waals surface area contributed by atoms with E-state index in [0.717, 1.165) is 43.6 Å². The lowest BCUT2D eigenvalue weighted by Crippen LogP contribution is -2.32. The Hall–Kier alpha value is -3.19. The monoisotopic (exact) mass is 435 g/mol. The molecule has 0 aromatic heterocycles. The molecule has 160 valence electrons. The minimum absolute atomic E-state index is 0.0152. The average molecular weight is 436 g/mol. The zero-order valence-electron chi connectivity index (χ0n) is 17.5. The molecule has 0 unspecified atom stereocenters. The summed E-state index contributed by atoms with van der Waals surface area (Å²) in [4.78, 5) is 28.8. The lowest BCUT2D eigenvalue weighted by Gasteiger charge is -2.17. The largest absolute Gasteiger partial charge is 0.483 e. The molecule has 2 aromatic rings. The number of carbonyl (C=O) groups is 2. The molecule has 0 atom stereocenters. The number of benzene rings is 2. The van der Waals surface area contributed by atoms with Crippen molar-refractivity contribution in [3.05, 3.63) is 65.4 Å². The van der Waals surface area contributed by atoms with Gasteiger partial charge < -0.3 is 15.0 Å². The topological polar surface area (TPSA) is 61.9 Å². The number of hydrogen-bond acceptors (Lipinski definition) is 4. The van der Waals surface area contributed by atoms with Gasteiger partial charge in [-0.1, -0.05) is 43.3 Å². The maximum absolute atomic E-state index is 13.1. The van der Waals surface area contributed by atoms with Crippen molar-refractivity contribution in [3.63, 3.8) is 0 Å². The number of nitrogens with one attached hydrogen (secondary N) is 1. The molecular weight excluding hydrogens is 410 g/mol. The Labute approximate surface area is 187 Å². The Morgan fingerprint density at radius 3 is 2.61 bits per heavy atom. The molecular formula is C24H25N3O3S. The fourth-order valence-electron chi connectivity index (χ4n) is 3.87. The zero-order chi connectivity index (χ0) is 21.8. The number of carbonyl (C=O) groups excluding carboxylic acids is 2. The van der Waals surface area contributed by atoms with Crippen LogP contribution in [0.1, 0.15) is 30.9 Å². The van der Waals surface area contributed by atoms with Gasteiger partial charge in [0, 0.05) is 18.7 Å². The van der Waals surface area contributed by atoms with Gasteiger partial charge in [-0.25, -0.2) is 0 Å². The van der Waals surface area contributed by atoms with Crippen LogP contribution in [0.3, 0.4) is 0 Å². The molecule has 1 N–H and O–H groups in total. The van der Waals surface area contributed by atoms with E-state index in [2.05, 4.69) is 5.32 Å². The van der Waals surface area contributed by atoms with Crippen LogP contribution >= 0.6 is 12.2 Å². The molecule has 2 aliphatic heterocycles. The van der Waals surface area contributed by atoms with Crippen LogP contribution in [0.4, 0.5) is 5.69 Å². The highest BCUT2D eigenvalue weighted by atomic mass is 32.1. The van der Waals surface area contributed by atoms with Gasteiger partial charge in [0.2, 0.25) is 0 Å². The maximum atomic E-state index is 13.1. The average Bonchev–Trinajstić information content (AvgIpc) is 3.41. The van der Waals surface area contributed by atoms with Crippen molar-refractivity contribution >= 4 is 40.9 Å². The molecule has 2 heterocycles. The van der Waals surface area contributed by atoms with Gasteiger partial charge in [0.1, 0.15) is 11.4 Å². The summed E-state index contributed by atoms with van der Waals surface area (Å²) in [6.45, 7) is 3.61. The van der Waals surface area contributed by atoms with Crippen molar-refractivity contribution in [3.8, 4) is 5.75 Å². The van der Waals surface area contributed by atoms with E-state index >= 15 is 0 Å². The Kier molecular flexibility index (Phi) is 6.32. The highest BCUT2D eigenvalue weighted by molar-refractivity contribution is 7.80. The van der Waals surface area contributed by atoms with E-state index in [9.17, 15) is 9.59 Å². The molecule has 0 bridgehead atoms. The SMILES string of the molecule is CCc1ccccc1N1C(=O)C(=Cc2ccccc2OCC(=O)N2CCCC2)NC1=S. The summed E-state index contributed by atoms with van der Waals surface area (Å²) >= 11 is 5.45. The van der Waals surface area contributed by atoms with Crippen LogP contribution < -0.4 is 15.0 Å². The molecule has 2 aliphatic rings. The van der Waals surface area contributed by atoms with Crippen molar-refractivity contribution in [2.45, 2.75) is 26.2 Å². The summed E-state index contributed by atoms with van der Waals surface area (Å²) in [5, 5.41) is 3.37. The van der Waals surface area contributed by atoms with Gasteiger partial charge >= 0.3 is 0 Å². The minimum Gasteiger partial charge on any atom is -0.483 e. The number of aryl methyl sites for hydroxylation is 1. The van der Waals surface area contributed by atoms with Crippen LogP contribution in [-0.2, 0) is 16.0 Å². The van der Waals surface area contributed by atoms with E-state index in [1.54, 1.807) is 12.1 Å². The van der Waals surface area contributed by atoms with Gasteiger partial charge in [-0.15, -0.1) is 0 Å². The van der Waals surface area contributed by atoms with Crippen LogP contribution in [0, 0.1) is 0 Å². The van der Waals surface area contributed by atoms with Gasteiger partial charge in [0.05, 0.1) is 5.69 Å². The van der Waals surface area contributed by atoms with Crippen LogP contribution in [0.5, 0.6) is 5.75 Å². The number of thiocarbonyl (C=S) groups is 1. The second-order valence-corrected chi connectivity index (χ2v) is 7.91. The maximum Gasteiger partial charge on any atom is 0.281 e. The first kappa shape index (κ1) is 21.1. The van der Waals surface area contributed by atoms with E-state index in [0.29, 0.717) is 22.1 Å². The van der Waals surface area contributed by atoms with Gasteiger partial charge in [-0.2, -0.15) is 0 Å². The predicted molar refractivity (Wildman–Crippen MR) is 125 cm³/mol. The van der Waals surface area contributed by atoms with Crippen LogP contribution in [-0.4, -0.2) is 41.5 Å². The third-order valence-corrected chi connectivity index (χ3v) is 5.81. The molecule has 4 rings (SSSR count). The zero-order valence-corrected chi connectivity index (χ0v) is 18.3. The molecule has 7 heteroatoms. The van der Waals surface area contributed by atoms with Crippen molar-refractivity contribution < 1.29 is 14.3 Å². The Bertz CT molecular complexity index is 1040. The van der Waals surface area contributed by atoms with Gasteiger partial charge in [0.15, 0.2) is 11.7 Å². The fourth-order valence-corrected chi connectivity index (χ4v) is 4.16. The molecule has 6 nitrogen and oxygen atoms in total. The van der Waals surface area contributed by atoms with E-state index in [1.165, 1.54) is 4.90 Å². The number of ether oxygens (including phenoxy) is 1. The first-order valence-corrected chi connectivity index (χ1v) is 10.9. The lowest BCUT2D eigenvalue weighted by molar-refractivity contribution is -0.132. The quantitative estimate of drug-likeness (QED) is 0.556. The molecule has 2 amide bonds. The van der Waals surface area contributed by atoms with Crippen LogP contribution in [0.15, 0.2) is 54.2 Å². The second-order valence-electron chi connectivity index (χ2n) is 7.53. The summed E-state index contributed by atoms with van der Waals surface area (Å²) in [6, 6.07) is 15.1. The van der Waals surface area contributed by atoms with Gasteiger partial charge in [0.25, 0.3) is 11.8 Å². The van der Waals surface area contributed by atoms with Gasteiger partial charge in [-0.05, 0) is 55.3 Å². The molecule has 2 saturated heterocycles. The summed E-state index contributed by atoms with van der Waals surface area (Å²) in [7, 11) is 0. The van der Waals surface area contributed by atoms with E-state index in [-0.39, 0.29) is 18.4 Å². The van der Waals surface area contributed by atoms with E-state index in [4.69, 9.17) is 17.0 Å². The minimum atomic E-state index is -0.214. The molecule has 2 aromatic carbocycles. The fraction of sp³-hybridized carbons (Fsp3) is 0.292. The number of rotatable bonds is 6. The molecule has 2 fully saturated rings. The second kappa shape index (κ2) is 9.31. The van der Waals surface area contributed by atoms with Crippen LogP contribution in [0.25, 0.3) is 6.08 Å². The van der Waals surface area contributed by atoms with Crippen molar-refractivity contribution in [1.29, 1.82) is 0 Å². The number of anilines is 1. The summed E-state index contributed by atoms with van der Waals surface area (Å²) in [5.74, 6) is 0.322. The third-order valence-electron chi connectivity index (χ3n) is 5.52. The molecule has 0 radical (unpaired) electrons. The third kappa shape index (κ3) is 4.46.